The third-order valence-corrected chi connectivity index (χ3v) is 5.05. The lowest BCUT2D eigenvalue weighted by Crippen LogP contribution is -2.27. The SMILES string of the molecule is Clc1cccc(Nc2cc(C3=CC3)c(CNCC3CCC3)cn2)c1. The van der Waals surface area contributed by atoms with Crippen LogP contribution in [0.15, 0.2) is 42.6 Å². The first-order valence-electron chi connectivity index (χ1n) is 8.69. The van der Waals surface area contributed by atoms with Gasteiger partial charge in [0.2, 0.25) is 0 Å². The van der Waals surface area contributed by atoms with E-state index < -0.39 is 0 Å². The maximum atomic E-state index is 6.05. The normalized spacial score (nSPS) is 16.5. The van der Waals surface area contributed by atoms with Crippen molar-refractivity contribution in [2.45, 2.75) is 32.2 Å². The molecule has 0 amide bonds. The summed E-state index contributed by atoms with van der Waals surface area (Å²) in [5.74, 6) is 1.74. The van der Waals surface area contributed by atoms with Crippen LogP contribution in [0.2, 0.25) is 5.02 Å². The molecule has 0 spiro atoms. The highest BCUT2D eigenvalue weighted by atomic mass is 35.5. The van der Waals surface area contributed by atoms with E-state index in [1.54, 1.807) is 0 Å². The molecule has 124 valence electrons. The molecule has 0 unspecified atom stereocenters. The molecule has 2 N–H and O–H groups in total. The van der Waals surface area contributed by atoms with Crippen LogP contribution in [0.5, 0.6) is 0 Å². The quantitative estimate of drug-likeness (QED) is 0.732. The van der Waals surface area contributed by atoms with Gasteiger partial charge in [0, 0.05) is 23.5 Å². The van der Waals surface area contributed by atoms with E-state index in [-0.39, 0.29) is 0 Å². The van der Waals surface area contributed by atoms with Crippen molar-refractivity contribution in [3.05, 3.63) is 58.8 Å². The summed E-state index contributed by atoms with van der Waals surface area (Å²) in [5, 5.41) is 7.67. The zero-order valence-corrected chi connectivity index (χ0v) is 14.4. The molecular formula is C20H22ClN3. The van der Waals surface area contributed by atoms with E-state index in [4.69, 9.17) is 11.6 Å². The third-order valence-electron chi connectivity index (χ3n) is 4.81. The third kappa shape index (κ3) is 3.80. The molecule has 2 aliphatic rings. The summed E-state index contributed by atoms with van der Waals surface area (Å²) >= 11 is 6.05. The van der Waals surface area contributed by atoms with E-state index in [1.165, 1.54) is 36.0 Å². The minimum absolute atomic E-state index is 0.724. The summed E-state index contributed by atoms with van der Waals surface area (Å²) in [7, 11) is 0. The monoisotopic (exact) mass is 339 g/mol. The van der Waals surface area contributed by atoms with Crippen molar-refractivity contribution in [3.63, 3.8) is 0 Å². The van der Waals surface area contributed by atoms with Gasteiger partial charge in [-0.15, -0.1) is 0 Å². The van der Waals surface area contributed by atoms with Crippen LogP contribution >= 0.6 is 11.6 Å². The van der Waals surface area contributed by atoms with Crippen molar-refractivity contribution in [1.82, 2.24) is 10.3 Å². The van der Waals surface area contributed by atoms with Crippen molar-refractivity contribution in [1.29, 1.82) is 0 Å². The summed E-state index contributed by atoms with van der Waals surface area (Å²) in [6.45, 7) is 2.02. The molecule has 24 heavy (non-hydrogen) atoms. The molecule has 1 heterocycles. The molecule has 1 saturated carbocycles. The number of allylic oxidation sites excluding steroid dienone is 2. The Morgan fingerprint density at radius 3 is 2.79 bits per heavy atom. The number of pyridine rings is 1. The van der Waals surface area contributed by atoms with Gasteiger partial charge in [0.05, 0.1) is 0 Å². The van der Waals surface area contributed by atoms with Gasteiger partial charge in [0.25, 0.3) is 0 Å². The van der Waals surface area contributed by atoms with Gasteiger partial charge in [0.15, 0.2) is 0 Å². The Hall–Kier alpha value is -1.84. The van der Waals surface area contributed by atoms with Crippen LogP contribution < -0.4 is 10.6 Å². The van der Waals surface area contributed by atoms with Gasteiger partial charge in [-0.1, -0.05) is 30.2 Å². The molecule has 4 rings (SSSR count). The summed E-state index contributed by atoms with van der Waals surface area (Å²) in [6, 6.07) is 9.87. The predicted molar refractivity (Wildman–Crippen MR) is 101 cm³/mol. The fraction of sp³-hybridized carbons (Fsp3) is 0.350. The van der Waals surface area contributed by atoms with Gasteiger partial charge in [-0.05, 0) is 72.7 Å². The van der Waals surface area contributed by atoms with Crippen molar-refractivity contribution >= 4 is 28.7 Å². The van der Waals surface area contributed by atoms with Gasteiger partial charge in [-0.3, -0.25) is 0 Å². The van der Waals surface area contributed by atoms with Crippen molar-refractivity contribution in [2.75, 3.05) is 11.9 Å². The molecular weight excluding hydrogens is 318 g/mol. The van der Waals surface area contributed by atoms with E-state index in [2.05, 4.69) is 27.8 Å². The fourth-order valence-corrected chi connectivity index (χ4v) is 3.28. The van der Waals surface area contributed by atoms with Crippen molar-refractivity contribution in [2.24, 2.45) is 5.92 Å². The van der Waals surface area contributed by atoms with E-state index in [9.17, 15) is 0 Å². The summed E-state index contributed by atoms with van der Waals surface area (Å²) < 4.78 is 0. The van der Waals surface area contributed by atoms with Crippen LogP contribution in [0, 0.1) is 5.92 Å². The van der Waals surface area contributed by atoms with Crippen LogP contribution in [-0.4, -0.2) is 11.5 Å². The van der Waals surface area contributed by atoms with Crippen LogP contribution in [0.1, 0.15) is 36.8 Å². The lowest BCUT2D eigenvalue weighted by Gasteiger charge is -2.25. The smallest absolute Gasteiger partial charge is 0.130 e. The number of anilines is 2. The van der Waals surface area contributed by atoms with Crippen LogP contribution in [0.25, 0.3) is 5.57 Å². The molecule has 0 atom stereocenters. The van der Waals surface area contributed by atoms with E-state index in [0.717, 1.165) is 42.0 Å². The number of hydrogen-bond donors (Lipinski definition) is 2. The zero-order valence-electron chi connectivity index (χ0n) is 13.7. The van der Waals surface area contributed by atoms with Crippen LogP contribution in [0.3, 0.4) is 0 Å². The Morgan fingerprint density at radius 2 is 2.08 bits per heavy atom. The van der Waals surface area contributed by atoms with Gasteiger partial charge in [0.1, 0.15) is 5.82 Å². The second-order valence-electron chi connectivity index (χ2n) is 6.72. The molecule has 4 heteroatoms. The summed E-state index contributed by atoms with van der Waals surface area (Å²) in [5.41, 5.74) is 4.99. The second kappa shape index (κ2) is 6.96. The Kier molecular flexibility index (Phi) is 4.54. The Bertz CT molecular complexity index is 765. The number of aromatic nitrogens is 1. The predicted octanol–water partition coefficient (Wildman–Crippen LogP) is 5.16. The van der Waals surface area contributed by atoms with Crippen LogP contribution in [0.4, 0.5) is 11.5 Å². The largest absolute Gasteiger partial charge is 0.340 e. The highest BCUT2D eigenvalue weighted by molar-refractivity contribution is 6.30. The first-order valence-corrected chi connectivity index (χ1v) is 9.07. The Labute approximate surface area is 148 Å². The van der Waals surface area contributed by atoms with E-state index in [1.807, 2.05) is 30.5 Å². The number of rotatable bonds is 7. The minimum Gasteiger partial charge on any atom is -0.340 e. The van der Waals surface area contributed by atoms with Gasteiger partial charge in [-0.25, -0.2) is 4.98 Å². The van der Waals surface area contributed by atoms with Gasteiger partial charge < -0.3 is 10.6 Å². The van der Waals surface area contributed by atoms with Crippen molar-refractivity contribution in [3.8, 4) is 0 Å². The standard InChI is InChI=1S/C20H22ClN3/c21-17-5-2-6-18(9-17)24-20-10-19(15-7-8-15)16(13-23-20)12-22-11-14-3-1-4-14/h2,5-7,9-10,13-14,22H,1,3-4,8,11-12H2,(H,23,24). The Morgan fingerprint density at radius 1 is 1.21 bits per heavy atom. The van der Waals surface area contributed by atoms with Gasteiger partial charge >= 0.3 is 0 Å². The van der Waals surface area contributed by atoms with Crippen molar-refractivity contribution < 1.29 is 0 Å². The molecule has 0 saturated heterocycles. The topological polar surface area (TPSA) is 37.0 Å². The zero-order chi connectivity index (χ0) is 16.4. The average Bonchev–Trinajstić information content (AvgIpc) is 3.35. The first kappa shape index (κ1) is 15.7. The lowest BCUT2D eigenvalue weighted by molar-refractivity contribution is 0.301. The number of nitrogens with zero attached hydrogens (tertiary/aromatic N) is 1. The highest BCUT2D eigenvalue weighted by Gasteiger charge is 2.18. The maximum absolute atomic E-state index is 6.05. The minimum atomic E-state index is 0.724. The fourth-order valence-electron chi connectivity index (χ4n) is 3.08. The van der Waals surface area contributed by atoms with Crippen LogP contribution in [-0.2, 0) is 6.54 Å². The highest BCUT2D eigenvalue weighted by Crippen LogP contribution is 2.34. The molecule has 2 aromatic rings. The second-order valence-corrected chi connectivity index (χ2v) is 7.16. The molecule has 3 nitrogen and oxygen atoms in total. The number of hydrogen-bond acceptors (Lipinski definition) is 3. The molecule has 2 aliphatic carbocycles. The molecule has 0 bridgehead atoms. The van der Waals surface area contributed by atoms with Gasteiger partial charge in [-0.2, -0.15) is 0 Å². The number of halogens is 1. The average molecular weight is 340 g/mol. The molecule has 1 aromatic carbocycles. The Balaban J connectivity index is 1.46. The number of benzene rings is 1. The number of nitrogens with one attached hydrogen (secondary N) is 2. The summed E-state index contributed by atoms with van der Waals surface area (Å²) in [6.07, 6.45) is 9.52. The first-order chi connectivity index (χ1) is 11.8. The molecule has 1 fully saturated rings. The summed E-state index contributed by atoms with van der Waals surface area (Å²) in [4.78, 5) is 4.58. The van der Waals surface area contributed by atoms with E-state index >= 15 is 0 Å². The maximum Gasteiger partial charge on any atom is 0.130 e. The molecule has 0 radical (unpaired) electrons. The lowest BCUT2D eigenvalue weighted by atomic mass is 9.85. The molecule has 0 aliphatic heterocycles. The van der Waals surface area contributed by atoms with E-state index in [0.29, 0.717) is 0 Å². The molecule has 1 aromatic heterocycles.